The second-order valence-electron chi connectivity index (χ2n) is 3.59. The van der Waals surface area contributed by atoms with Crippen molar-refractivity contribution in [3.8, 4) is 0 Å². The first kappa shape index (κ1) is 14.7. The van der Waals surface area contributed by atoms with E-state index in [9.17, 15) is 9.59 Å². The molecule has 0 aromatic heterocycles. The van der Waals surface area contributed by atoms with Crippen molar-refractivity contribution in [2.24, 2.45) is 0 Å². The molecule has 0 aliphatic carbocycles. The first-order chi connectivity index (χ1) is 8.51. The van der Waals surface area contributed by atoms with Crippen LogP contribution in [0.4, 0.5) is 0 Å². The molecule has 0 heterocycles. The SMILES string of the molecule is CCOC(=O)c1cc(C)c(Br)cc1C(=O)OCC. The minimum atomic E-state index is -0.527. The van der Waals surface area contributed by atoms with Crippen LogP contribution in [-0.2, 0) is 9.47 Å². The molecule has 0 aliphatic heterocycles. The van der Waals surface area contributed by atoms with Crippen molar-refractivity contribution in [3.63, 3.8) is 0 Å². The van der Waals surface area contributed by atoms with Crippen molar-refractivity contribution in [2.45, 2.75) is 20.8 Å². The van der Waals surface area contributed by atoms with Gasteiger partial charge in [0.25, 0.3) is 0 Å². The van der Waals surface area contributed by atoms with Gasteiger partial charge >= 0.3 is 11.9 Å². The Bertz CT molecular complexity index is 425. The molecule has 0 saturated heterocycles. The number of hydrogen-bond acceptors (Lipinski definition) is 4. The second-order valence-corrected chi connectivity index (χ2v) is 4.44. The topological polar surface area (TPSA) is 52.6 Å². The highest BCUT2D eigenvalue weighted by atomic mass is 79.9. The molecule has 0 unspecified atom stereocenters. The standard InChI is InChI=1S/C13H15BrO4/c1-4-17-12(15)9-6-8(3)11(14)7-10(9)13(16)18-5-2/h6-7H,4-5H2,1-3H3. The monoisotopic (exact) mass is 314 g/mol. The number of esters is 2. The van der Waals surface area contributed by atoms with Crippen LogP contribution < -0.4 is 0 Å². The van der Waals surface area contributed by atoms with Crippen LogP contribution in [0.3, 0.4) is 0 Å². The third-order valence-corrected chi connectivity index (χ3v) is 3.14. The minimum absolute atomic E-state index is 0.216. The number of benzene rings is 1. The molecule has 4 nitrogen and oxygen atoms in total. The highest BCUT2D eigenvalue weighted by Gasteiger charge is 2.20. The number of rotatable bonds is 4. The Morgan fingerprint density at radius 1 is 1.06 bits per heavy atom. The number of halogens is 1. The number of hydrogen-bond donors (Lipinski definition) is 0. The molecule has 0 saturated carbocycles. The number of aryl methyl sites for hydroxylation is 1. The van der Waals surface area contributed by atoms with Gasteiger partial charge in [0, 0.05) is 4.47 Å². The van der Waals surface area contributed by atoms with E-state index < -0.39 is 11.9 Å². The summed E-state index contributed by atoms with van der Waals surface area (Å²) in [5.41, 5.74) is 1.30. The van der Waals surface area contributed by atoms with E-state index in [0.29, 0.717) is 0 Å². The van der Waals surface area contributed by atoms with Gasteiger partial charge in [0.1, 0.15) is 0 Å². The highest BCUT2D eigenvalue weighted by Crippen LogP contribution is 2.23. The van der Waals surface area contributed by atoms with E-state index in [1.165, 1.54) is 0 Å². The lowest BCUT2D eigenvalue weighted by Crippen LogP contribution is -2.14. The molecule has 0 bridgehead atoms. The molecule has 5 heteroatoms. The molecule has 18 heavy (non-hydrogen) atoms. The zero-order valence-electron chi connectivity index (χ0n) is 10.6. The average molecular weight is 315 g/mol. The molecule has 0 fully saturated rings. The minimum Gasteiger partial charge on any atom is -0.462 e. The molecule has 0 N–H and O–H groups in total. The third kappa shape index (κ3) is 3.32. The molecule has 0 radical (unpaired) electrons. The van der Waals surface area contributed by atoms with Gasteiger partial charge in [-0.05, 0) is 38.5 Å². The quantitative estimate of drug-likeness (QED) is 0.801. The maximum Gasteiger partial charge on any atom is 0.339 e. The number of carbonyl (C=O) groups excluding carboxylic acids is 2. The summed E-state index contributed by atoms with van der Waals surface area (Å²) in [6.45, 7) is 5.78. The average Bonchev–Trinajstić information content (AvgIpc) is 2.32. The van der Waals surface area contributed by atoms with E-state index >= 15 is 0 Å². The molecule has 0 aliphatic rings. The third-order valence-electron chi connectivity index (χ3n) is 2.29. The van der Waals surface area contributed by atoms with Crippen LogP contribution in [-0.4, -0.2) is 25.2 Å². The smallest absolute Gasteiger partial charge is 0.339 e. The van der Waals surface area contributed by atoms with Gasteiger partial charge in [-0.1, -0.05) is 15.9 Å². The summed E-state index contributed by atoms with van der Waals surface area (Å²) in [6.07, 6.45) is 0. The van der Waals surface area contributed by atoms with Gasteiger partial charge in [-0.25, -0.2) is 9.59 Å². The van der Waals surface area contributed by atoms with Crippen LogP contribution in [0.2, 0.25) is 0 Å². The molecule has 0 amide bonds. The Hall–Kier alpha value is -1.36. The lowest BCUT2D eigenvalue weighted by atomic mass is 10.0. The fraction of sp³-hybridized carbons (Fsp3) is 0.385. The van der Waals surface area contributed by atoms with Crippen molar-refractivity contribution in [2.75, 3.05) is 13.2 Å². The van der Waals surface area contributed by atoms with Crippen LogP contribution in [0.5, 0.6) is 0 Å². The summed E-state index contributed by atoms with van der Waals surface area (Å²) >= 11 is 3.33. The second kappa shape index (κ2) is 6.54. The van der Waals surface area contributed by atoms with Gasteiger partial charge in [-0.2, -0.15) is 0 Å². The summed E-state index contributed by atoms with van der Waals surface area (Å²) in [5, 5.41) is 0. The van der Waals surface area contributed by atoms with E-state index in [2.05, 4.69) is 15.9 Å². The Balaban J connectivity index is 3.25. The molecule has 1 rings (SSSR count). The van der Waals surface area contributed by atoms with Gasteiger partial charge < -0.3 is 9.47 Å². The molecule has 1 aromatic carbocycles. The van der Waals surface area contributed by atoms with Crippen molar-refractivity contribution in [3.05, 3.63) is 33.3 Å². The summed E-state index contributed by atoms with van der Waals surface area (Å²) < 4.78 is 10.6. The summed E-state index contributed by atoms with van der Waals surface area (Å²) in [5.74, 6) is -1.04. The van der Waals surface area contributed by atoms with Crippen molar-refractivity contribution >= 4 is 27.9 Å². The predicted molar refractivity (Wildman–Crippen MR) is 70.8 cm³/mol. The Kier molecular flexibility index (Phi) is 5.34. The van der Waals surface area contributed by atoms with Crippen molar-refractivity contribution in [1.82, 2.24) is 0 Å². The molecular weight excluding hydrogens is 300 g/mol. The lowest BCUT2D eigenvalue weighted by molar-refractivity contribution is 0.0478. The van der Waals surface area contributed by atoms with E-state index in [1.54, 1.807) is 26.0 Å². The van der Waals surface area contributed by atoms with Crippen LogP contribution in [0.15, 0.2) is 16.6 Å². The maximum atomic E-state index is 11.8. The molecule has 1 aromatic rings. The van der Waals surface area contributed by atoms with E-state index in [0.717, 1.165) is 10.0 Å². The molecule has 0 atom stereocenters. The fourth-order valence-corrected chi connectivity index (χ4v) is 1.78. The van der Waals surface area contributed by atoms with Crippen molar-refractivity contribution in [1.29, 1.82) is 0 Å². The molecular formula is C13H15BrO4. The van der Waals surface area contributed by atoms with E-state index in [1.807, 2.05) is 6.92 Å². The van der Waals surface area contributed by atoms with Gasteiger partial charge in [-0.3, -0.25) is 0 Å². The Morgan fingerprint density at radius 2 is 1.50 bits per heavy atom. The van der Waals surface area contributed by atoms with Crippen LogP contribution >= 0.6 is 15.9 Å². The van der Waals surface area contributed by atoms with E-state index in [-0.39, 0.29) is 24.3 Å². The van der Waals surface area contributed by atoms with Gasteiger partial charge in [0.15, 0.2) is 0 Å². The lowest BCUT2D eigenvalue weighted by Gasteiger charge is -2.10. The molecule has 98 valence electrons. The normalized spacial score (nSPS) is 10.0. The van der Waals surface area contributed by atoms with Gasteiger partial charge in [-0.15, -0.1) is 0 Å². The first-order valence-corrected chi connectivity index (χ1v) is 6.44. The van der Waals surface area contributed by atoms with Crippen LogP contribution in [0.25, 0.3) is 0 Å². The highest BCUT2D eigenvalue weighted by molar-refractivity contribution is 9.10. The van der Waals surface area contributed by atoms with Gasteiger partial charge in [0.2, 0.25) is 0 Å². The summed E-state index contributed by atoms with van der Waals surface area (Å²) in [7, 11) is 0. The van der Waals surface area contributed by atoms with Crippen molar-refractivity contribution < 1.29 is 19.1 Å². The Labute approximate surface area is 114 Å². The largest absolute Gasteiger partial charge is 0.462 e. The number of carbonyl (C=O) groups is 2. The molecule has 0 spiro atoms. The summed E-state index contributed by atoms with van der Waals surface area (Å²) in [6, 6.07) is 3.20. The fourth-order valence-electron chi connectivity index (χ4n) is 1.44. The number of ether oxygens (including phenoxy) is 2. The zero-order valence-corrected chi connectivity index (χ0v) is 12.2. The van der Waals surface area contributed by atoms with Crippen LogP contribution in [0, 0.1) is 6.92 Å². The first-order valence-electron chi connectivity index (χ1n) is 5.65. The Morgan fingerprint density at radius 3 is 1.94 bits per heavy atom. The maximum absolute atomic E-state index is 11.8. The van der Waals surface area contributed by atoms with Crippen LogP contribution in [0.1, 0.15) is 40.1 Å². The van der Waals surface area contributed by atoms with E-state index in [4.69, 9.17) is 9.47 Å². The zero-order chi connectivity index (χ0) is 13.7. The van der Waals surface area contributed by atoms with Gasteiger partial charge in [0.05, 0.1) is 24.3 Å². The predicted octanol–water partition coefficient (Wildman–Crippen LogP) is 3.11. The summed E-state index contributed by atoms with van der Waals surface area (Å²) in [4.78, 5) is 23.6.